The molecule has 0 saturated heterocycles. The summed E-state index contributed by atoms with van der Waals surface area (Å²) in [5.41, 5.74) is 6.74. The predicted octanol–water partition coefficient (Wildman–Crippen LogP) is 1.67. The molecule has 2 unspecified atom stereocenters. The van der Waals surface area contributed by atoms with Crippen LogP contribution in [-0.4, -0.2) is 30.2 Å². The summed E-state index contributed by atoms with van der Waals surface area (Å²) in [4.78, 5) is 12.4. The summed E-state index contributed by atoms with van der Waals surface area (Å²) >= 11 is 5.02. The van der Waals surface area contributed by atoms with Crippen LogP contribution in [-0.2, 0) is 16.0 Å². The fourth-order valence-electron chi connectivity index (χ4n) is 1.85. The molecular formula is C15H22N2O2S. The Morgan fingerprint density at radius 1 is 1.40 bits per heavy atom. The number of hydrogen-bond donors (Lipinski definition) is 2. The Bertz CT molecular complexity index is 437. The molecule has 0 fully saturated rings. The normalized spacial score (nSPS) is 13.5. The maximum atomic E-state index is 12.2. The fourth-order valence-corrected chi connectivity index (χ4v) is 2.04. The van der Waals surface area contributed by atoms with E-state index in [-0.39, 0.29) is 16.9 Å². The number of nitrogens with one attached hydrogen (secondary N) is 1. The zero-order chi connectivity index (χ0) is 15.0. The lowest BCUT2D eigenvalue weighted by molar-refractivity contribution is -0.124. The molecule has 20 heavy (non-hydrogen) atoms. The van der Waals surface area contributed by atoms with E-state index in [2.05, 4.69) is 5.32 Å². The van der Waals surface area contributed by atoms with Gasteiger partial charge in [0.25, 0.3) is 0 Å². The monoisotopic (exact) mass is 294 g/mol. The van der Waals surface area contributed by atoms with Crippen molar-refractivity contribution in [2.45, 2.75) is 26.3 Å². The maximum Gasteiger partial charge on any atom is 0.230 e. The highest BCUT2D eigenvalue weighted by atomic mass is 32.1. The summed E-state index contributed by atoms with van der Waals surface area (Å²) in [6.45, 7) is 4.93. The van der Waals surface area contributed by atoms with Gasteiger partial charge in [0, 0.05) is 12.6 Å². The summed E-state index contributed by atoms with van der Waals surface area (Å²) in [6.07, 6.45) is 0.517. The van der Waals surface area contributed by atoms with Gasteiger partial charge in [-0.05, 0) is 25.8 Å². The van der Waals surface area contributed by atoms with E-state index in [4.69, 9.17) is 22.7 Å². The summed E-state index contributed by atoms with van der Waals surface area (Å²) in [5, 5.41) is 2.88. The van der Waals surface area contributed by atoms with Crippen molar-refractivity contribution in [2.75, 3.05) is 13.2 Å². The minimum atomic E-state index is -0.489. The second-order valence-electron chi connectivity index (χ2n) is 4.71. The van der Waals surface area contributed by atoms with Crippen molar-refractivity contribution in [1.82, 2.24) is 5.32 Å². The van der Waals surface area contributed by atoms with E-state index < -0.39 is 5.92 Å². The molecule has 0 aliphatic rings. The summed E-state index contributed by atoms with van der Waals surface area (Å²) in [7, 11) is 0. The molecule has 4 nitrogen and oxygen atoms in total. The molecule has 0 heterocycles. The lowest BCUT2D eigenvalue weighted by Gasteiger charge is -2.19. The lowest BCUT2D eigenvalue weighted by Crippen LogP contribution is -2.44. The first kappa shape index (κ1) is 16.6. The number of thiocarbonyl (C=S) groups is 1. The second kappa shape index (κ2) is 8.66. The molecule has 0 aliphatic heterocycles. The molecule has 0 saturated carbocycles. The van der Waals surface area contributed by atoms with Crippen LogP contribution in [0.25, 0.3) is 0 Å². The van der Waals surface area contributed by atoms with E-state index in [0.29, 0.717) is 19.6 Å². The van der Waals surface area contributed by atoms with Gasteiger partial charge in [-0.2, -0.15) is 0 Å². The average Bonchev–Trinajstić information content (AvgIpc) is 2.43. The summed E-state index contributed by atoms with van der Waals surface area (Å²) in [5.74, 6) is -0.634. The Kier molecular flexibility index (Phi) is 7.18. The van der Waals surface area contributed by atoms with Crippen LogP contribution >= 0.6 is 12.2 Å². The van der Waals surface area contributed by atoms with Crippen LogP contribution in [0.5, 0.6) is 0 Å². The van der Waals surface area contributed by atoms with Crippen LogP contribution in [0.3, 0.4) is 0 Å². The minimum absolute atomic E-state index is 0.0601. The van der Waals surface area contributed by atoms with E-state index in [1.165, 1.54) is 0 Å². The summed E-state index contributed by atoms with van der Waals surface area (Å²) in [6, 6.07) is 9.66. The molecule has 0 aliphatic carbocycles. The first-order valence-electron chi connectivity index (χ1n) is 6.76. The molecule has 1 aromatic carbocycles. The molecule has 110 valence electrons. The highest BCUT2D eigenvalue weighted by Gasteiger charge is 2.23. The summed E-state index contributed by atoms with van der Waals surface area (Å²) < 4.78 is 5.28. The Balaban J connectivity index is 2.62. The van der Waals surface area contributed by atoms with E-state index in [1.807, 2.05) is 44.2 Å². The molecule has 1 amide bonds. The van der Waals surface area contributed by atoms with Crippen molar-refractivity contribution in [2.24, 2.45) is 11.7 Å². The molecule has 5 heteroatoms. The molecule has 0 bridgehead atoms. The van der Waals surface area contributed by atoms with Crippen molar-refractivity contribution in [3.05, 3.63) is 35.9 Å². The van der Waals surface area contributed by atoms with Crippen molar-refractivity contribution < 1.29 is 9.53 Å². The molecule has 1 aromatic rings. The zero-order valence-corrected chi connectivity index (χ0v) is 12.8. The number of benzene rings is 1. The maximum absolute atomic E-state index is 12.2. The Labute approximate surface area is 125 Å². The number of amides is 1. The third-order valence-electron chi connectivity index (χ3n) is 2.90. The smallest absolute Gasteiger partial charge is 0.230 e. The van der Waals surface area contributed by atoms with E-state index in [0.717, 1.165) is 5.56 Å². The molecule has 1 rings (SSSR count). The van der Waals surface area contributed by atoms with Gasteiger partial charge in [-0.1, -0.05) is 42.5 Å². The Morgan fingerprint density at radius 2 is 2.05 bits per heavy atom. The highest BCUT2D eigenvalue weighted by Crippen LogP contribution is 2.10. The Hall–Kier alpha value is -1.46. The van der Waals surface area contributed by atoms with Gasteiger partial charge < -0.3 is 15.8 Å². The van der Waals surface area contributed by atoms with Crippen molar-refractivity contribution >= 4 is 23.1 Å². The predicted molar refractivity (Wildman–Crippen MR) is 84.5 cm³/mol. The van der Waals surface area contributed by atoms with Gasteiger partial charge in [0.15, 0.2) is 0 Å². The van der Waals surface area contributed by atoms with E-state index >= 15 is 0 Å². The fraction of sp³-hybridized carbons (Fsp3) is 0.467. The SMILES string of the molecule is CCOCC(C)NC(=O)C(Cc1ccccc1)C(N)=S. The van der Waals surface area contributed by atoms with Crippen molar-refractivity contribution in [3.63, 3.8) is 0 Å². The van der Waals surface area contributed by atoms with Crippen LogP contribution in [0.15, 0.2) is 30.3 Å². The largest absolute Gasteiger partial charge is 0.393 e. The molecule has 0 aromatic heterocycles. The molecular weight excluding hydrogens is 272 g/mol. The van der Waals surface area contributed by atoms with Crippen LogP contribution in [0.2, 0.25) is 0 Å². The van der Waals surface area contributed by atoms with Crippen molar-refractivity contribution in [1.29, 1.82) is 0 Å². The number of nitrogens with two attached hydrogens (primary N) is 1. The van der Waals surface area contributed by atoms with Gasteiger partial charge in [0.2, 0.25) is 5.91 Å². The molecule has 2 atom stereocenters. The van der Waals surface area contributed by atoms with Gasteiger partial charge in [0.05, 0.1) is 17.5 Å². The standard InChI is InChI=1S/C15H22N2O2S/c1-3-19-10-11(2)17-15(18)13(14(16)20)9-12-7-5-4-6-8-12/h4-8,11,13H,3,9-10H2,1-2H3,(H2,16,20)(H,17,18). The van der Waals surface area contributed by atoms with Crippen LogP contribution in [0.4, 0.5) is 0 Å². The zero-order valence-electron chi connectivity index (χ0n) is 12.0. The highest BCUT2D eigenvalue weighted by molar-refractivity contribution is 7.80. The van der Waals surface area contributed by atoms with Crippen LogP contribution in [0, 0.1) is 5.92 Å². The van der Waals surface area contributed by atoms with E-state index in [9.17, 15) is 4.79 Å². The lowest BCUT2D eigenvalue weighted by atomic mass is 9.98. The minimum Gasteiger partial charge on any atom is -0.393 e. The first-order valence-corrected chi connectivity index (χ1v) is 7.16. The van der Waals surface area contributed by atoms with Gasteiger partial charge in [-0.3, -0.25) is 4.79 Å². The number of ether oxygens (including phenoxy) is 1. The number of carbonyl (C=O) groups excluding carboxylic acids is 1. The van der Waals surface area contributed by atoms with Gasteiger partial charge in [0.1, 0.15) is 0 Å². The second-order valence-corrected chi connectivity index (χ2v) is 5.19. The average molecular weight is 294 g/mol. The third kappa shape index (κ3) is 5.67. The van der Waals surface area contributed by atoms with E-state index in [1.54, 1.807) is 0 Å². The molecule has 0 spiro atoms. The Morgan fingerprint density at radius 3 is 2.60 bits per heavy atom. The number of hydrogen-bond acceptors (Lipinski definition) is 3. The van der Waals surface area contributed by atoms with Crippen molar-refractivity contribution in [3.8, 4) is 0 Å². The van der Waals surface area contributed by atoms with Gasteiger partial charge in [-0.15, -0.1) is 0 Å². The topological polar surface area (TPSA) is 64.3 Å². The quantitative estimate of drug-likeness (QED) is 0.716. The molecule has 3 N–H and O–H groups in total. The molecule has 0 radical (unpaired) electrons. The third-order valence-corrected chi connectivity index (χ3v) is 3.19. The van der Waals surface area contributed by atoms with Gasteiger partial charge >= 0.3 is 0 Å². The van der Waals surface area contributed by atoms with Crippen LogP contribution in [0.1, 0.15) is 19.4 Å². The number of carbonyl (C=O) groups is 1. The van der Waals surface area contributed by atoms with Crippen LogP contribution < -0.4 is 11.1 Å². The first-order chi connectivity index (χ1) is 9.54. The van der Waals surface area contributed by atoms with Gasteiger partial charge in [-0.25, -0.2) is 0 Å². The number of rotatable bonds is 8.